The van der Waals surface area contributed by atoms with Gasteiger partial charge >= 0.3 is 0 Å². The van der Waals surface area contributed by atoms with Crippen molar-refractivity contribution in [1.29, 1.82) is 0 Å². The van der Waals surface area contributed by atoms with Crippen LogP contribution in [0.2, 0.25) is 0 Å². The molecule has 0 spiro atoms. The van der Waals surface area contributed by atoms with Gasteiger partial charge in [0.2, 0.25) is 5.91 Å². The Morgan fingerprint density at radius 2 is 2.29 bits per heavy atom. The van der Waals surface area contributed by atoms with Gasteiger partial charge in [0.05, 0.1) is 24.6 Å². The number of nitro benzene ring substituents is 1. The highest BCUT2D eigenvalue weighted by Crippen LogP contribution is 2.29. The Morgan fingerprint density at radius 3 is 2.96 bits per heavy atom. The van der Waals surface area contributed by atoms with E-state index < -0.39 is 4.92 Å². The van der Waals surface area contributed by atoms with Crippen molar-refractivity contribution < 1.29 is 19.6 Å². The van der Waals surface area contributed by atoms with E-state index in [1.165, 1.54) is 19.2 Å². The summed E-state index contributed by atoms with van der Waals surface area (Å²) in [5.74, 6) is 0.0619. The molecule has 1 aliphatic heterocycles. The van der Waals surface area contributed by atoms with E-state index in [2.05, 4.69) is 5.32 Å². The van der Waals surface area contributed by atoms with Gasteiger partial charge in [-0.2, -0.15) is 0 Å². The van der Waals surface area contributed by atoms with Crippen molar-refractivity contribution >= 4 is 17.3 Å². The van der Waals surface area contributed by atoms with Crippen LogP contribution in [0.5, 0.6) is 5.75 Å². The van der Waals surface area contributed by atoms with Crippen LogP contribution in [-0.4, -0.2) is 53.7 Å². The van der Waals surface area contributed by atoms with Gasteiger partial charge in [-0.1, -0.05) is 6.42 Å². The van der Waals surface area contributed by atoms with Gasteiger partial charge in [0.1, 0.15) is 11.4 Å². The molecular formula is C16H23N3O5. The first kappa shape index (κ1) is 18.2. The second-order valence-electron chi connectivity index (χ2n) is 5.82. The van der Waals surface area contributed by atoms with Crippen molar-refractivity contribution in [3.05, 3.63) is 28.3 Å². The molecule has 1 aromatic rings. The lowest BCUT2D eigenvalue weighted by atomic mass is 9.99. The Balaban J connectivity index is 2.05. The third-order valence-corrected chi connectivity index (χ3v) is 4.23. The van der Waals surface area contributed by atoms with E-state index in [4.69, 9.17) is 9.84 Å². The van der Waals surface area contributed by atoms with Crippen LogP contribution < -0.4 is 10.1 Å². The molecular weight excluding hydrogens is 314 g/mol. The number of anilines is 1. The van der Waals surface area contributed by atoms with E-state index in [9.17, 15) is 14.9 Å². The summed E-state index contributed by atoms with van der Waals surface area (Å²) in [6.45, 7) is 1.05. The molecule has 0 radical (unpaired) electrons. The Morgan fingerprint density at radius 1 is 1.50 bits per heavy atom. The molecule has 0 aromatic heterocycles. The number of rotatable bonds is 7. The van der Waals surface area contributed by atoms with E-state index in [0.717, 1.165) is 25.8 Å². The zero-order valence-electron chi connectivity index (χ0n) is 13.7. The molecule has 1 heterocycles. The summed E-state index contributed by atoms with van der Waals surface area (Å²) in [5.41, 5.74) is -0.0465. The molecule has 2 N–H and O–H groups in total. The molecule has 0 aliphatic carbocycles. The van der Waals surface area contributed by atoms with E-state index in [0.29, 0.717) is 12.2 Å². The summed E-state index contributed by atoms with van der Waals surface area (Å²) in [5, 5.41) is 22.9. The van der Waals surface area contributed by atoms with Crippen LogP contribution >= 0.6 is 0 Å². The van der Waals surface area contributed by atoms with E-state index in [1.54, 1.807) is 6.07 Å². The van der Waals surface area contributed by atoms with Crippen LogP contribution in [-0.2, 0) is 4.79 Å². The first-order chi connectivity index (χ1) is 11.5. The number of methoxy groups -OCH3 is 1. The minimum absolute atomic E-state index is 0.0900. The summed E-state index contributed by atoms with van der Waals surface area (Å²) in [6.07, 6.45) is 3.69. The highest BCUT2D eigenvalue weighted by Gasteiger charge is 2.25. The zero-order valence-corrected chi connectivity index (χ0v) is 13.7. The number of hydrogen-bond acceptors (Lipinski definition) is 6. The minimum atomic E-state index is -0.548. The number of benzene rings is 1. The molecule has 0 bridgehead atoms. The number of nitrogens with zero attached hydrogens (tertiary/aromatic N) is 2. The molecule has 2 rings (SSSR count). The molecule has 1 atom stereocenters. The fourth-order valence-electron chi connectivity index (χ4n) is 3.01. The number of nitrogens with one attached hydrogen (secondary N) is 1. The summed E-state index contributed by atoms with van der Waals surface area (Å²) < 4.78 is 4.98. The minimum Gasteiger partial charge on any atom is -0.496 e. The second-order valence-corrected chi connectivity index (χ2v) is 5.82. The van der Waals surface area contributed by atoms with Crippen molar-refractivity contribution in [2.75, 3.05) is 32.1 Å². The Hall–Kier alpha value is -2.19. The Labute approximate surface area is 140 Å². The van der Waals surface area contributed by atoms with E-state index >= 15 is 0 Å². The maximum absolute atomic E-state index is 12.3. The summed E-state index contributed by atoms with van der Waals surface area (Å²) in [7, 11) is 1.43. The average molecular weight is 337 g/mol. The number of carbonyl (C=O) groups is 1. The lowest BCUT2D eigenvalue weighted by Gasteiger charge is -2.34. The number of piperidine rings is 1. The number of aliphatic hydroxyl groups excluding tert-OH is 1. The van der Waals surface area contributed by atoms with Gasteiger partial charge in [0.15, 0.2) is 0 Å². The van der Waals surface area contributed by atoms with E-state index in [1.807, 2.05) is 4.90 Å². The van der Waals surface area contributed by atoms with Gasteiger partial charge in [-0.15, -0.1) is 0 Å². The SMILES string of the molecule is COc1ccc(NC(=O)CN2CCCC[C@@H]2CCO)c([N+](=O)[O-])c1. The van der Waals surface area contributed by atoms with Gasteiger partial charge in [-0.25, -0.2) is 0 Å². The average Bonchev–Trinajstić information content (AvgIpc) is 2.57. The van der Waals surface area contributed by atoms with Crippen LogP contribution in [0, 0.1) is 10.1 Å². The van der Waals surface area contributed by atoms with Crippen LogP contribution in [0.3, 0.4) is 0 Å². The fourth-order valence-corrected chi connectivity index (χ4v) is 3.01. The van der Waals surface area contributed by atoms with Gasteiger partial charge in [0.25, 0.3) is 5.69 Å². The van der Waals surface area contributed by atoms with Crippen molar-refractivity contribution in [1.82, 2.24) is 4.90 Å². The summed E-state index contributed by atoms with van der Waals surface area (Å²) in [6, 6.07) is 4.50. The molecule has 0 saturated carbocycles. The number of carbonyl (C=O) groups excluding carboxylic acids is 1. The molecule has 1 amide bonds. The maximum Gasteiger partial charge on any atom is 0.296 e. The normalized spacial score (nSPS) is 18.2. The molecule has 0 unspecified atom stereocenters. The first-order valence-corrected chi connectivity index (χ1v) is 8.02. The number of amides is 1. The standard InChI is InChI=1S/C16H23N3O5/c1-24-13-5-6-14(15(10-13)19(22)23)17-16(21)11-18-8-3-2-4-12(18)7-9-20/h5-6,10,12,20H,2-4,7-9,11H2,1H3,(H,17,21)/t12-/m1/s1. The van der Waals surface area contributed by atoms with Crippen LogP contribution in [0.4, 0.5) is 11.4 Å². The van der Waals surface area contributed by atoms with Gasteiger partial charge in [0, 0.05) is 12.6 Å². The molecule has 1 aromatic carbocycles. The Bertz CT molecular complexity index is 591. The number of aliphatic hydroxyl groups is 1. The Kier molecular flexibility index (Phi) is 6.51. The lowest BCUT2D eigenvalue weighted by Crippen LogP contribution is -2.44. The lowest BCUT2D eigenvalue weighted by molar-refractivity contribution is -0.384. The molecule has 132 valence electrons. The third kappa shape index (κ3) is 4.65. The monoisotopic (exact) mass is 337 g/mol. The van der Waals surface area contributed by atoms with Crippen molar-refractivity contribution in [2.45, 2.75) is 31.7 Å². The topological polar surface area (TPSA) is 105 Å². The van der Waals surface area contributed by atoms with Crippen LogP contribution in [0.1, 0.15) is 25.7 Å². The molecule has 24 heavy (non-hydrogen) atoms. The molecule has 1 saturated heterocycles. The smallest absolute Gasteiger partial charge is 0.296 e. The zero-order chi connectivity index (χ0) is 17.5. The quantitative estimate of drug-likeness (QED) is 0.580. The predicted octanol–water partition coefficient (Wildman–Crippen LogP) is 1.78. The van der Waals surface area contributed by atoms with Crippen molar-refractivity contribution in [2.24, 2.45) is 0 Å². The molecule has 1 aliphatic rings. The van der Waals surface area contributed by atoms with Crippen molar-refractivity contribution in [3.8, 4) is 5.75 Å². The van der Waals surface area contributed by atoms with Crippen LogP contribution in [0.15, 0.2) is 18.2 Å². The molecule has 8 nitrogen and oxygen atoms in total. The maximum atomic E-state index is 12.3. The highest BCUT2D eigenvalue weighted by atomic mass is 16.6. The van der Waals surface area contributed by atoms with Gasteiger partial charge < -0.3 is 15.2 Å². The summed E-state index contributed by atoms with van der Waals surface area (Å²) >= 11 is 0. The van der Waals surface area contributed by atoms with Crippen LogP contribution in [0.25, 0.3) is 0 Å². The van der Waals surface area contributed by atoms with Crippen molar-refractivity contribution in [3.63, 3.8) is 0 Å². The number of hydrogen-bond donors (Lipinski definition) is 2. The fraction of sp³-hybridized carbons (Fsp3) is 0.562. The van der Waals surface area contributed by atoms with Gasteiger partial charge in [-0.05, 0) is 37.9 Å². The first-order valence-electron chi connectivity index (χ1n) is 8.02. The highest BCUT2D eigenvalue weighted by molar-refractivity contribution is 5.94. The second kappa shape index (κ2) is 8.60. The predicted molar refractivity (Wildman–Crippen MR) is 89.2 cm³/mol. The number of ether oxygens (including phenoxy) is 1. The molecule has 1 fully saturated rings. The van der Waals surface area contributed by atoms with Gasteiger partial charge in [-0.3, -0.25) is 19.8 Å². The molecule has 8 heteroatoms. The number of nitro groups is 1. The number of likely N-dealkylation sites (tertiary alicyclic amines) is 1. The third-order valence-electron chi connectivity index (χ3n) is 4.23. The van der Waals surface area contributed by atoms with E-state index in [-0.39, 0.29) is 36.5 Å². The summed E-state index contributed by atoms with van der Waals surface area (Å²) in [4.78, 5) is 24.9. The largest absolute Gasteiger partial charge is 0.496 e.